The predicted octanol–water partition coefficient (Wildman–Crippen LogP) is 28.1. The SMILES string of the molecule is C/C=C/C.C/C=C/C=C/C.C/C=C/c1ccc(/C=C/C)cc1.C/C=C/c1ccc(C)cc1.C/C=C/c1ccc(C)cc1.CC#CC.Cc1cc(C)c(C)c(C)n1.Cc1cc(C)c(C)c(C)n1.Cc1cc(C)c(C)c(C)n1.Cc1cc(C)nc(C)c1.Cc1ccnc(C)c1C.Cc1nc(C)c(C)c(C)c1C. The van der Waals surface area contributed by atoms with Crippen molar-refractivity contribution in [2.24, 2.45) is 0 Å². The largest absolute Gasteiger partial charge is 0.261 e. The molecule has 9 rings (SSSR count). The van der Waals surface area contributed by atoms with E-state index in [1.165, 1.54) is 100 Å². The van der Waals surface area contributed by atoms with Crippen LogP contribution in [0.4, 0.5) is 0 Å². The minimum absolute atomic E-state index is 1.10. The number of hydrogen-bond donors (Lipinski definition) is 0. The van der Waals surface area contributed by atoms with Gasteiger partial charge in [0.25, 0.3) is 0 Å². The fourth-order valence-corrected chi connectivity index (χ4v) is 9.38. The summed E-state index contributed by atoms with van der Waals surface area (Å²) in [4.78, 5) is 25.8. The van der Waals surface area contributed by atoms with Crippen LogP contribution in [0.25, 0.3) is 24.3 Å². The molecular formula is C99H138N6. The van der Waals surface area contributed by atoms with Crippen molar-refractivity contribution < 1.29 is 0 Å². The van der Waals surface area contributed by atoms with Crippen LogP contribution in [0.3, 0.4) is 0 Å². The third kappa shape index (κ3) is 46.6. The van der Waals surface area contributed by atoms with Gasteiger partial charge in [0.15, 0.2) is 0 Å². The lowest BCUT2D eigenvalue weighted by Crippen LogP contribution is -1.98. The molecule has 6 nitrogen and oxygen atoms in total. The van der Waals surface area contributed by atoms with Crippen molar-refractivity contribution in [3.05, 3.63) is 339 Å². The maximum atomic E-state index is 4.43. The molecule has 6 heterocycles. The number of aryl methyl sites for hydroxylation is 18. The first-order valence-electron chi connectivity index (χ1n) is 36.9. The van der Waals surface area contributed by atoms with E-state index in [4.69, 9.17) is 0 Å². The summed E-state index contributed by atoms with van der Waals surface area (Å²) in [5, 5.41) is 0. The van der Waals surface area contributed by atoms with Crippen molar-refractivity contribution in [2.45, 2.75) is 242 Å². The number of nitrogens with zero attached hydrogens (tertiary/aromatic N) is 6. The van der Waals surface area contributed by atoms with Gasteiger partial charge >= 0.3 is 0 Å². The van der Waals surface area contributed by atoms with Crippen LogP contribution in [0.2, 0.25) is 0 Å². The Kier molecular flexibility index (Phi) is 55.6. The Labute approximate surface area is 643 Å². The first kappa shape index (κ1) is 99.5. The van der Waals surface area contributed by atoms with Crippen LogP contribution in [0.1, 0.15) is 232 Å². The molecule has 564 valence electrons. The molecular weight excluding hydrogens is 1270 g/mol. The molecule has 0 aliphatic heterocycles. The van der Waals surface area contributed by atoms with E-state index >= 15 is 0 Å². The lowest BCUT2D eigenvalue weighted by atomic mass is 10.0. The number of rotatable bonds is 5. The summed E-state index contributed by atoms with van der Waals surface area (Å²) in [5.74, 6) is 5.36. The van der Waals surface area contributed by atoms with Crippen molar-refractivity contribution in [3.8, 4) is 11.8 Å². The summed E-state index contributed by atoms with van der Waals surface area (Å²) >= 11 is 0. The van der Waals surface area contributed by atoms with Gasteiger partial charge in [-0.05, 0) is 368 Å². The molecule has 6 aromatic heterocycles. The Balaban J connectivity index is -0.00000109. The van der Waals surface area contributed by atoms with E-state index in [1.807, 2.05) is 184 Å². The molecule has 0 radical (unpaired) electrons. The van der Waals surface area contributed by atoms with Crippen LogP contribution < -0.4 is 0 Å². The van der Waals surface area contributed by atoms with E-state index in [1.54, 1.807) is 0 Å². The van der Waals surface area contributed by atoms with Crippen LogP contribution in [-0.2, 0) is 0 Å². The molecule has 9 aromatic rings. The fraction of sp³-hybridized carbons (Fsp3) is 0.354. The van der Waals surface area contributed by atoms with Crippen molar-refractivity contribution >= 4 is 24.3 Å². The Bertz CT molecular complexity index is 3790. The topological polar surface area (TPSA) is 77.3 Å². The van der Waals surface area contributed by atoms with E-state index in [2.05, 4.69) is 301 Å². The number of allylic oxidation sites excluding steroid dienone is 10. The van der Waals surface area contributed by atoms with Gasteiger partial charge in [-0.15, -0.1) is 11.8 Å². The highest BCUT2D eigenvalue weighted by atomic mass is 14.7. The second-order valence-electron chi connectivity index (χ2n) is 26.0. The van der Waals surface area contributed by atoms with E-state index in [0.29, 0.717) is 0 Å². The molecule has 0 amide bonds. The smallest absolute Gasteiger partial charge is 0.0407 e. The normalized spacial score (nSPS) is 10.1. The van der Waals surface area contributed by atoms with Gasteiger partial charge in [0.05, 0.1) is 0 Å². The lowest BCUT2D eigenvalue weighted by Gasteiger charge is -2.09. The first-order valence-corrected chi connectivity index (χ1v) is 36.9. The quantitative estimate of drug-likeness (QED) is 0.0971. The lowest BCUT2D eigenvalue weighted by molar-refractivity contribution is 1.03. The molecule has 0 bridgehead atoms. The Morgan fingerprint density at radius 1 is 0.229 bits per heavy atom. The summed E-state index contributed by atoms with van der Waals surface area (Å²) in [6.07, 6.45) is 30.4. The maximum Gasteiger partial charge on any atom is 0.0407 e. The predicted molar refractivity (Wildman–Crippen MR) is 471 cm³/mol. The average molecular weight is 1410 g/mol. The van der Waals surface area contributed by atoms with Gasteiger partial charge in [-0.1, -0.05) is 169 Å². The Morgan fingerprint density at radius 3 is 0.705 bits per heavy atom. The second-order valence-corrected chi connectivity index (χ2v) is 26.0. The van der Waals surface area contributed by atoms with Gasteiger partial charge in [0.1, 0.15) is 0 Å². The molecule has 0 unspecified atom stereocenters. The fourth-order valence-electron chi connectivity index (χ4n) is 9.38. The summed E-state index contributed by atoms with van der Waals surface area (Å²) in [5.41, 5.74) is 36.0. The van der Waals surface area contributed by atoms with Crippen LogP contribution in [-0.4, -0.2) is 29.9 Å². The van der Waals surface area contributed by atoms with Crippen molar-refractivity contribution in [1.29, 1.82) is 0 Å². The number of aromatic nitrogens is 6. The van der Waals surface area contributed by atoms with Gasteiger partial charge in [-0.2, -0.15) is 0 Å². The van der Waals surface area contributed by atoms with Gasteiger partial charge in [-0.25, -0.2) is 0 Å². The van der Waals surface area contributed by atoms with Crippen LogP contribution in [0.5, 0.6) is 0 Å². The average Bonchev–Trinajstić information content (AvgIpc) is 0.838. The molecule has 0 aliphatic carbocycles. The van der Waals surface area contributed by atoms with Crippen LogP contribution in [0, 0.1) is 185 Å². The molecule has 0 saturated heterocycles. The molecule has 0 atom stereocenters. The standard InChI is InChI=1S/C12H14.C10H15N.2C10H12.3C9H13N.2C8H11N.C6H10.C4H8.C4H6/c1-3-5-11-7-9-12(6-4-2)10-8-11;1-6-7(2)9(4)11-10(5)8(6)3;2*1-3-4-10-7-5-9(2)6-8-10;3*1-6-5-7(2)10-9(4)8(6)3;1-6-4-7(2)9-8(3)5-6;1-6-4-5-9-8(3)7(6)2;1-3-5-6-4-2;2*1-3-4-2/h3-10H,1-2H3;1-5H3;2*3-8H,1-2H3;3*5H,1-4H3;2*4-5H,1-3H3;3-6H,1-2H3;3-4H,1-2H3;1-2H3/b5-3+,6-4+;;2*4-3+;;;;;;5-3+,6-4+;4-3+;. The van der Waals surface area contributed by atoms with Gasteiger partial charge < -0.3 is 0 Å². The minimum Gasteiger partial charge on any atom is -0.261 e. The zero-order valence-corrected chi connectivity index (χ0v) is 72.2. The molecule has 0 aliphatic rings. The molecule has 3 aromatic carbocycles. The number of hydrogen-bond acceptors (Lipinski definition) is 6. The summed E-state index contributed by atoms with van der Waals surface area (Å²) in [7, 11) is 0. The summed E-state index contributed by atoms with van der Waals surface area (Å²) < 4.78 is 0. The Morgan fingerprint density at radius 2 is 0.486 bits per heavy atom. The molecule has 105 heavy (non-hydrogen) atoms. The monoisotopic (exact) mass is 1410 g/mol. The van der Waals surface area contributed by atoms with Gasteiger partial charge in [0.2, 0.25) is 0 Å². The van der Waals surface area contributed by atoms with Gasteiger partial charge in [-0.3, -0.25) is 29.9 Å². The van der Waals surface area contributed by atoms with Crippen LogP contribution in [0.15, 0.2) is 176 Å². The Hall–Kier alpha value is -9.70. The highest BCUT2D eigenvalue weighted by molar-refractivity contribution is 5.55. The second kappa shape index (κ2) is 58.7. The highest BCUT2D eigenvalue weighted by Crippen LogP contribution is 2.18. The first-order chi connectivity index (χ1) is 49.5. The molecule has 0 N–H and O–H groups in total. The summed E-state index contributed by atoms with van der Waals surface area (Å²) in [6, 6.07) is 38.0. The molecule has 0 fully saturated rings. The third-order valence-electron chi connectivity index (χ3n) is 16.8. The molecule has 0 saturated carbocycles. The third-order valence-corrected chi connectivity index (χ3v) is 16.8. The van der Waals surface area contributed by atoms with Crippen molar-refractivity contribution in [3.63, 3.8) is 0 Å². The zero-order valence-electron chi connectivity index (χ0n) is 72.2. The maximum absolute atomic E-state index is 4.43. The summed E-state index contributed by atoms with van der Waals surface area (Å²) in [6.45, 7) is 71.8. The van der Waals surface area contributed by atoms with Crippen molar-refractivity contribution in [2.75, 3.05) is 0 Å². The number of benzene rings is 3. The van der Waals surface area contributed by atoms with E-state index < -0.39 is 0 Å². The van der Waals surface area contributed by atoms with E-state index in [-0.39, 0.29) is 0 Å². The van der Waals surface area contributed by atoms with E-state index in [0.717, 1.165) is 62.6 Å². The van der Waals surface area contributed by atoms with Crippen LogP contribution >= 0.6 is 0 Å². The molecule has 6 heteroatoms. The zero-order chi connectivity index (χ0) is 80.7. The number of pyridine rings is 6. The van der Waals surface area contributed by atoms with E-state index in [9.17, 15) is 0 Å². The molecule has 0 spiro atoms. The van der Waals surface area contributed by atoms with Crippen molar-refractivity contribution in [1.82, 2.24) is 29.9 Å². The van der Waals surface area contributed by atoms with Gasteiger partial charge in [0, 0.05) is 68.8 Å². The minimum atomic E-state index is 1.10. The highest BCUT2D eigenvalue weighted by Gasteiger charge is 2.05.